The molecule has 9 nitrogen and oxygen atoms in total. The lowest BCUT2D eigenvalue weighted by Gasteiger charge is -2.36. The van der Waals surface area contributed by atoms with Gasteiger partial charge in [-0.1, -0.05) is 89.3 Å². The van der Waals surface area contributed by atoms with Crippen molar-refractivity contribution in [1.82, 2.24) is 14.9 Å². The second-order valence-electron chi connectivity index (χ2n) is 11.6. The summed E-state index contributed by atoms with van der Waals surface area (Å²) in [6.45, 7) is 5.60. The van der Waals surface area contributed by atoms with Gasteiger partial charge in [-0.05, 0) is 42.6 Å². The van der Waals surface area contributed by atoms with Crippen LogP contribution in [-0.2, 0) is 19.6 Å². The smallest absolute Gasteiger partial charge is 0.426 e. The van der Waals surface area contributed by atoms with E-state index in [4.69, 9.17) is 0 Å². The predicted octanol–water partition coefficient (Wildman–Crippen LogP) is 2.99. The molecule has 3 atom stereocenters. The number of fused-ring (bicyclic) bond motifs is 1. The molecule has 218 valence electrons. The molecular formula is C29H42BN3O6S. The van der Waals surface area contributed by atoms with Crippen LogP contribution in [0.2, 0.25) is 0 Å². The summed E-state index contributed by atoms with van der Waals surface area (Å²) in [5.41, 5.74) is -1.42. The van der Waals surface area contributed by atoms with Crippen LogP contribution in [0.25, 0.3) is 10.8 Å². The Hall–Kier alpha value is -2.47. The lowest BCUT2D eigenvalue weighted by molar-refractivity contribution is -0.142. The average Bonchev–Trinajstić information content (AvgIpc) is 3.26. The summed E-state index contributed by atoms with van der Waals surface area (Å²) in [5.74, 6) is -1.83. The summed E-state index contributed by atoms with van der Waals surface area (Å²) >= 11 is 0. The number of likely N-dealkylation sites (tertiary alicyclic amines) is 1. The van der Waals surface area contributed by atoms with Crippen LogP contribution >= 0.6 is 0 Å². The Kier molecular flexibility index (Phi) is 9.60. The van der Waals surface area contributed by atoms with Crippen molar-refractivity contribution < 1.29 is 28.1 Å². The topological polar surface area (TPSA) is 136 Å². The Balaban J connectivity index is 1.66. The van der Waals surface area contributed by atoms with Crippen molar-refractivity contribution in [2.45, 2.75) is 94.6 Å². The Morgan fingerprint density at radius 1 is 1.10 bits per heavy atom. The highest BCUT2D eigenvalue weighted by Gasteiger charge is 2.54. The van der Waals surface area contributed by atoms with Gasteiger partial charge in [0.1, 0.15) is 11.6 Å². The molecule has 4 rings (SSSR count). The number of hydrogen-bond acceptors (Lipinski definition) is 6. The summed E-state index contributed by atoms with van der Waals surface area (Å²) in [6.07, 6.45) is 6.22. The molecule has 1 heterocycles. The van der Waals surface area contributed by atoms with Crippen molar-refractivity contribution in [1.29, 1.82) is 0 Å². The van der Waals surface area contributed by atoms with E-state index < -0.39 is 46.5 Å². The van der Waals surface area contributed by atoms with Gasteiger partial charge in [-0.25, -0.2) is 8.42 Å². The Morgan fingerprint density at radius 2 is 1.77 bits per heavy atom. The van der Waals surface area contributed by atoms with Crippen molar-refractivity contribution in [3.05, 3.63) is 42.5 Å². The first-order valence-electron chi connectivity index (χ1n) is 14.5. The molecule has 1 saturated heterocycles. The molecule has 0 aromatic heterocycles. The number of nitrogens with zero attached hydrogens (tertiary/aromatic N) is 1. The van der Waals surface area contributed by atoms with Crippen molar-refractivity contribution >= 4 is 39.7 Å². The van der Waals surface area contributed by atoms with Gasteiger partial charge in [-0.2, -0.15) is 4.72 Å². The lowest BCUT2D eigenvalue weighted by Crippen LogP contribution is -2.60. The zero-order valence-corrected chi connectivity index (χ0v) is 24.5. The van der Waals surface area contributed by atoms with Crippen LogP contribution in [0.5, 0.6) is 0 Å². The summed E-state index contributed by atoms with van der Waals surface area (Å²) < 4.78 is 30.4. The summed E-state index contributed by atoms with van der Waals surface area (Å²) in [6, 6.07) is 11.5. The summed E-state index contributed by atoms with van der Waals surface area (Å²) in [5, 5.41) is 23.5. The fraction of sp³-hybridized carbons (Fsp3) is 0.586. The van der Waals surface area contributed by atoms with Gasteiger partial charge in [-0.15, -0.1) is 0 Å². The minimum absolute atomic E-state index is 0.107. The number of benzene rings is 2. The molecular weight excluding hydrogens is 529 g/mol. The molecule has 1 saturated carbocycles. The van der Waals surface area contributed by atoms with Crippen LogP contribution in [0.3, 0.4) is 0 Å². The molecule has 2 fully saturated rings. The highest BCUT2D eigenvalue weighted by molar-refractivity contribution is 7.89. The van der Waals surface area contributed by atoms with E-state index in [9.17, 15) is 28.1 Å². The fourth-order valence-electron chi connectivity index (χ4n) is 6.31. The highest BCUT2D eigenvalue weighted by Crippen LogP contribution is 2.37. The van der Waals surface area contributed by atoms with E-state index in [1.807, 2.05) is 32.0 Å². The van der Waals surface area contributed by atoms with E-state index >= 15 is 0 Å². The monoisotopic (exact) mass is 571 g/mol. The van der Waals surface area contributed by atoms with Gasteiger partial charge >= 0.3 is 7.12 Å². The highest BCUT2D eigenvalue weighted by atomic mass is 32.2. The minimum atomic E-state index is -4.10. The van der Waals surface area contributed by atoms with Gasteiger partial charge < -0.3 is 20.3 Å². The van der Waals surface area contributed by atoms with Crippen LogP contribution in [-0.4, -0.2) is 66.4 Å². The number of nitrogens with one attached hydrogen (secondary N) is 2. The molecule has 2 amide bonds. The fourth-order valence-corrected chi connectivity index (χ4v) is 8.06. The van der Waals surface area contributed by atoms with Gasteiger partial charge in [-0.3, -0.25) is 9.59 Å². The Labute approximate surface area is 237 Å². The SMILES string of the molecule is CC[C@H](NC(=O)[C@H](CC1CCCCC1)N1CCC(NS(=O)(=O)c2cccc3ccccc23)(C(C)C)C1=O)B(O)O. The molecule has 2 aromatic rings. The van der Waals surface area contributed by atoms with Crippen molar-refractivity contribution in [2.24, 2.45) is 11.8 Å². The third-order valence-electron chi connectivity index (χ3n) is 8.82. The van der Waals surface area contributed by atoms with Crippen LogP contribution in [0.1, 0.15) is 72.1 Å². The first-order chi connectivity index (χ1) is 19.0. The van der Waals surface area contributed by atoms with Crippen LogP contribution in [0.15, 0.2) is 47.4 Å². The van der Waals surface area contributed by atoms with Crippen LogP contribution < -0.4 is 10.0 Å². The molecule has 1 unspecified atom stereocenters. The van der Waals surface area contributed by atoms with Crippen LogP contribution in [0, 0.1) is 11.8 Å². The molecule has 0 radical (unpaired) electrons. The van der Waals surface area contributed by atoms with Crippen molar-refractivity contribution in [2.75, 3.05) is 6.54 Å². The first-order valence-corrected chi connectivity index (χ1v) is 16.0. The number of amides is 2. The van der Waals surface area contributed by atoms with Crippen LogP contribution in [0.4, 0.5) is 0 Å². The largest absolute Gasteiger partial charge is 0.475 e. The lowest BCUT2D eigenvalue weighted by atomic mass is 9.77. The van der Waals surface area contributed by atoms with E-state index in [1.54, 1.807) is 31.2 Å². The van der Waals surface area contributed by atoms with E-state index in [2.05, 4.69) is 10.0 Å². The molecule has 1 aliphatic carbocycles. The number of hydrogen-bond donors (Lipinski definition) is 4. The summed E-state index contributed by atoms with van der Waals surface area (Å²) in [7, 11) is -5.82. The molecule has 4 N–H and O–H groups in total. The first kappa shape index (κ1) is 30.5. The van der Waals surface area contributed by atoms with Crippen molar-refractivity contribution in [3.8, 4) is 0 Å². The molecule has 2 aromatic carbocycles. The molecule has 0 spiro atoms. The van der Waals surface area contributed by atoms with E-state index in [1.165, 1.54) is 4.90 Å². The molecule has 40 heavy (non-hydrogen) atoms. The molecule has 0 bridgehead atoms. The Morgan fingerprint density at radius 3 is 2.42 bits per heavy atom. The Bertz CT molecular complexity index is 1310. The van der Waals surface area contributed by atoms with Gasteiger partial charge in [0, 0.05) is 11.9 Å². The van der Waals surface area contributed by atoms with Gasteiger partial charge in [0.15, 0.2) is 0 Å². The minimum Gasteiger partial charge on any atom is -0.426 e. The molecule has 2 aliphatic rings. The zero-order chi connectivity index (χ0) is 29.1. The predicted molar refractivity (Wildman–Crippen MR) is 156 cm³/mol. The molecule has 11 heteroatoms. The number of rotatable bonds is 11. The average molecular weight is 572 g/mol. The number of sulfonamides is 1. The molecule has 1 aliphatic heterocycles. The van der Waals surface area contributed by atoms with Crippen molar-refractivity contribution in [3.63, 3.8) is 0 Å². The van der Waals surface area contributed by atoms with E-state index in [0.29, 0.717) is 18.2 Å². The maximum absolute atomic E-state index is 14.2. The second-order valence-corrected chi connectivity index (χ2v) is 13.3. The van der Waals surface area contributed by atoms with Gasteiger partial charge in [0.25, 0.3) is 0 Å². The van der Waals surface area contributed by atoms with E-state index in [0.717, 1.165) is 37.5 Å². The standard InChI is InChI=1S/C29H42BN3O6S/c1-4-26(30(36)37)31-27(34)24(19-21-11-6-5-7-12-21)33-18-17-29(20(2)3,28(33)35)32-40(38,39)25-16-10-14-22-13-8-9-15-23(22)25/h8-10,13-16,20-21,24,26,32,36-37H,4-7,11-12,17-19H2,1-3H3,(H,31,34)/t24-,26-,29?/m0/s1. The van der Waals surface area contributed by atoms with Gasteiger partial charge in [0.05, 0.1) is 10.8 Å². The summed E-state index contributed by atoms with van der Waals surface area (Å²) in [4.78, 5) is 29.5. The van der Waals surface area contributed by atoms with Gasteiger partial charge in [0.2, 0.25) is 21.8 Å². The zero-order valence-electron chi connectivity index (χ0n) is 23.7. The maximum Gasteiger partial charge on any atom is 0.475 e. The maximum atomic E-state index is 14.2. The third kappa shape index (κ3) is 6.22. The second kappa shape index (κ2) is 12.6. The number of carbonyl (C=O) groups is 2. The number of carbonyl (C=O) groups excluding carboxylic acids is 2. The normalized spacial score (nSPS) is 22.1. The van der Waals surface area contributed by atoms with E-state index in [-0.39, 0.29) is 29.7 Å². The third-order valence-corrected chi connectivity index (χ3v) is 10.4. The quantitative estimate of drug-likeness (QED) is 0.306.